The lowest BCUT2D eigenvalue weighted by molar-refractivity contribution is -0.118. The standard InChI is InChI=1S/C14H22N2O2/c1-3-5-12(17)9-13-15-14(16-18-13)11-7-6-10(4-2)8-11/h10-11H,3-9H2,1-2H3. The number of carbonyl (C=O) groups is 1. The van der Waals surface area contributed by atoms with E-state index in [0.29, 0.717) is 24.7 Å². The van der Waals surface area contributed by atoms with E-state index in [2.05, 4.69) is 17.1 Å². The number of Topliss-reactive ketones (excluding diaryl/α,β-unsaturated/α-hetero) is 1. The summed E-state index contributed by atoms with van der Waals surface area (Å²) in [5.74, 6) is 2.73. The van der Waals surface area contributed by atoms with E-state index in [9.17, 15) is 4.79 Å². The van der Waals surface area contributed by atoms with Crippen molar-refractivity contribution in [3.05, 3.63) is 11.7 Å². The second kappa shape index (κ2) is 6.12. The van der Waals surface area contributed by atoms with Gasteiger partial charge in [0.2, 0.25) is 5.89 Å². The summed E-state index contributed by atoms with van der Waals surface area (Å²) in [6.45, 7) is 4.23. The highest BCUT2D eigenvalue weighted by Crippen LogP contribution is 2.38. The Morgan fingerprint density at radius 2 is 2.22 bits per heavy atom. The van der Waals surface area contributed by atoms with Crippen LogP contribution in [0.4, 0.5) is 0 Å². The molecule has 0 amide bonds. The van der Waals surface area contributed by atoms with E-state index in [0.717, 1.165) is 24.6 Å². The molecule has 100 valence electrons. The van der Waals surface area contributed by atoms with Crippen LogP contribution in [-0.2, 0) is 11.2 Å². The normalized spacial score (nSPS) is 23.4. The molecule has 0 spiro atoms. The zero-order valence-electron chi connectivity index (χ0n) is 11.3. The van der Waals surface area contributed by atoms with Crippen molar-refractivity contribution in [1.29, 1.82) is 0 Å². The molecule has 18 heavy (non-hydrogen) atoms. The summed E-state index contributed by atoms with van der Waals surface area (Å²) in [5, 5.41) is 4.04. The molecule has 1 saturated carbocycles. The third kappa shape index (κ3) is 3.18. The van der Waals surface area contributed by atoms with Crippen LogP contribution < -0.4 is 0 Å². The Morgan fingerprint density at radius 3 is 2.89 bits per heavy atom. The van der Waals surface area contributed by atoms with E-state index in [-0.39, 0.29) is 5.78 Å². The first-order chi connectivity index (χ1) is 8.72. The van der Waals surface area contributed by atoms with Crippen molar-refractivity contribution >= 4 is 5.78 Å². The highest BCUT2D eigenvalue weighted by molar-refractivity contribution is 5.79. The average molecular weight is 250 g/mol. The zero-order valence-corrected chi connectivity index (χ0v) is 11.3. The molecule has 1 aromatic heterocycles. The van der Waals surface area contributed by atoms with Gasteiger partial charge >= 0.3 is 0 Å². The van der Waals surface area contributed by atoms with Crippen molar-refractivity contribution in [2.45, 2.75) is 64.7 Å². The molecule has 0 N–H and O–H groups in total. The lowest BCUT2D eigenvalue weighted by Crippen LogP contribution is -2.03. The van der Waals surface area contributed by atoms with Gasteiger partial charge in [-0.1, -0.05) is 25.4 Å². The maximum Gasteiger partial charge on any atom is 0.234 e. The predicted molar refractivity (Wildman–Crippen MR) is 68.3 cm³/mol. The minimum absolute atomic E-state index is 0.186. The number of rotatable bonds is 6. The zero-order chi connectivity index (χ0) is 13.0. The molecule has 0 aromatic carbocycles. The third-order valence-corrected chi connectivity index (χ3v) is 3.84. The van der Waals surface area contributed by atoms with Crippen LogP contribution in [0.5, 0.6) is 0 Å². The van der Waals surface area contributed by atoms with Gasteiger partial charge < -0.3 is 4.52 Å². The fourth-order valence-electron chi connectivity index (χ4n) is 2.72. The van der Waals surface area contributed by atoms with Crippen LogP contribution in [0.15, 0.2) is 4.52 Å². The lowest BCUT2D eigenvalue weighted by Gasteiger charge is -2.04. The molecule has 1 heterocycles. The Kier molecular flexibility index (Phi) is 4.50. The largest absolute Gasteiger partial charge is 0.339 e. The van der Waals surface area contributed by atoms with Crippen LogP contribution in [0.25, 0.3) is 0 Å². The van der Waals surface area contributed by atoms with Gasteiger partial charge in [0.1, 0.15) is 5.78 Å². The summed E-state index contributed by atoms with van der Waals surface area (Å²) in [6.07, 6.45) is 6.58. The first-order valence-corrected chi connectivity index (χ1v) is 7.07. The van der Waals surface area contributed by atoms with Crippen molar-refractivity contribution in [1.82, 2.24) is 10.1 Å². The van der Waals surface area contributed by atoms with Gasteiger partial charge in [0, 0.05) is 12.3 Å². The Hall–Kier alpha value is -1.19. The monoisotopic (exact) mass is 250 g/mol. The number of carbonyl (C=O) groups excluding carboxylic acids is 1. The van der Waals surface area contributed by atoms with E-state index in [1.54, 1.807) is 0 Å². The van der Waals surface area contributed by atoms with Gasteiger partial charge in [-0.2, -0.15) is 4.98 Å². The summed E-state index contributed by atoms with van der Waals surface area (Å²) in [6, 6.07) is 0. The Morgan fingerprint density at radius 1 is 1.39 bits per heavy atom. The second-order valence-electron chi connectivity index (χ2n) is 5.30. The minimum atomic E-state index is 0.186. The summed E-state index contributed by atoms with van der Waals surface area (Å²) < 4.78 is 5.18. The molecular formula is C14H22N2O2. The van der Waals surface area contributed by atoms with Crippen LogP contribution in [0.3, 0.4) is 0 Å². The van der Waals surface area contributed by atoms with Crippen molar-refractivity contribution in [2.24, 2.45) is 5.92 Å². The summed E-state index contributed by atoms with van der Waals surface area (Å²) >= 11 is 0. The second-order valence-corrected chi connectivity index (χ2v) is 5.30. The molecule has 0 aliphatic heterocycles. The van der Waals surface area contributed by atoms with Crippen molar-refractivity contribution in [3.63, 3.8) is 0 Å². The van der Waals surface area contributed by atoms with Gasteiger partial charge in [0.05, 0.1) is 6.42 Å². The number of aromatic nitrogens is 2. The fraction of sp³-hybridized carbons (Fsp3) is 0.786. The lowest BCUT2D eigenvalue weighted by atomic mass is 10.0. The highest BCUT2D eigenvalue weighted by Gasteiger charge is 2.28. The van der Waals surface area contributed by atoms with Gasteiger partial charge in [0.15, 0.2) is 5.82 Å². The maximum absolute atomic E-state index is 11.5. The molecule has 4 heteroatoms. The van der Waals surface area contributed by atoms with Crippen LogP contribution >= 0.6 is 0 Å². The van der Waals surface area contributed by atoms with Crippen LogP contribution in [0.2, 0.25) is 0 Å². The number of ketones is 1. The Labute approximate surface area is 108 Å². The van der Waals surface area contributed by atoms with Crippen LogP contribution in [-0.4, -0.2) is 15.9 Å². The van der Waals surface area contributed by atoms with E-state index in [1.165, 1.54) is 19.3 Å². The van der Waals surface area contributed by atoms with Gasteiger partial charge in [0.25, 0.3) is 0 Å². The molecule has 1 aliphatic rings. The number of hydrogen-bond acceptors (Lipinski definition) is 4. The SMILES string of the molecule is CCCC(=O)Cc1nc(C2CCC(CC)C2)no1. The van der Waals surface area contributed by atoms with Crippen LogP contribution in [0, 0.1) is 5.92 Å². The summed E-state index contributed by atoms with van der Waals surface area (Å²) in [7, 11) is 0. The highest BCUT2D eigenvalue weighted by atomic mass is 16.5. The fourth-order valence-corrected chi connectivity index (χ4v) is 2.72. The third-order valence-electron chi connectivity index (χ3n) is 3.84. The molecule has 0 radical (unpaired) electrons. The van der Waals surface area contributed by atoms with E-state index in [1.807, 2.05) is 6.92 Å². The molecule has 1 aromatic rings. The smallest absolute Gasteiger partial charge is 0.234 e. The maximum atomic E-state index is 11.5. The molecule has 2 atom stereocenters. The van der Waals surface area contributed by atoms with E-state index < -0.39 is 0 Å². The van der Waals surface area contributed by atoms with Gasteiger partial charge in [-0.25, -0.2) is 0 Å². The Balaban J connectivity index is 1.92. The summed E-state index contributed by atoms with van der Waals surface area (Å²) in [5.41, 5.74) is 0. The van der Waals surface area contributed by atoms with E-state index >= 15 is 0 Å². The molecule has 4 nitrogen and oxygen atoms in total. The summed E-state index contributed by atoms with van der Waals surface area (Å²) in [4.78, 5) is 15.9. The molecule has 0 saturated heterocycles. The molecule has 0 bridgehead atoms. The minimum Gasteiger partial charge on any atom is -0.339 e. The van der Waals surface area contributed by atoms with E-state index in [4.69, 9.17) is 4.52 Å². The van der Waals surface area contributed by atoms with Crippen molar-refractivity contribution < 1.29 is 9.32 Å². The molecule has 1 fully saturated rings. The number of hydrogen-bond donors (Lipinski definition) is 0. The molecular weight excluding hydrogens is 228 g/mol. The topological polar surface area (TPSA) is 56.0 Å². The Bertz CT molecular complexity index is 400. The molecule has 1 aliphatic carbocycles. The molecule has 2 unspecified atom stereocenters. The molecule has 2 rings (SSSR count). The first-order valence-electron chi connectivity index (χ1n) is 7.07. The first kappa shape index (κ1) is 13.2. The van der Waals surface area contributed by atoms with Gasteiger partial charge in [-0.3, -0.25) is 4.79 Å². The van der Waals surface area contributed by atoms with Crippen LogP contribution in [0.1, 0.15) is 70.0 Å². The predicted octanol–water partition coefficient (Wildman–Crippen LogP) is 3.28. The number of nitrogens with zero attached hydrogens (tertiary/aromatic N) is 2. The van der Waals surface area contributed by atoms with Gasteiger partial charge in [-0.05, 0) is 31.6 Å². The van der Waals surface area contributed by atoms with Gasteiger partial charge in [-0.15, -0.1) is 0 Å². The van der Waals surface area contributed by atoms with Crippen molar-refractivity contribution in [3.8, 4) is 0 Å². The van der Waals surface area contributed by atoms with Crippen molar-refractivity contribution in [2.75, 3.05) is 0 Å². The quantitative estimate of drug-likeness (QED) is 0.777. The average Bonchev–Trinajstić information content (AvgIpc) is 2.96.